The van der Waals surface area contributed by atoms with Crippen molar-refractivity contribution in [2.24, 2.45) is 0 Å². The molecule has 0 unspecified atom stereocenters. The van der Waals surface area contributed by atoms with Gasteiger partial charge in [-0.3, -0.25) is 19.6 Å². The highest BCUT2D eigenvalue weighted by Crippen LogP contribution is 2.23. The third-order valence-electron chi connectivity index (χ3n) is 2.67. The molecule has 0 saturated heterocycles. The lowest BCUT2D eigenvalue weighted by molar-refractivity contribution is -0.387. The summed E-state index contributed by atoms with van der Waals surface area (Å²) in [4.78, 5) is 21.4. The van der Waals surface area contributed by atoms with Crippen LogP contribution in [0.2, 0.25) is 0 Å². The predicted octanol–water partition coefficient (Wildman–Crippen LogP) is 2.34. The summed E-state index contributed by atoms with van der Waals surface area (Å²) in [6.45, 7) is 2.39. The summed E-state index contributed by atoms with van der Waals surface area (Å²) in [5.41, 5.74) is -1.57. The predicted molar refractivity (Wildman–Crippen MR) is 68.9 cm³/mol. The van der Waals surface area contributed by atoms with E-state index in [-0.39, 0.29) is 5.69 Å². The van der Waals surface area contributed by atoms with E-state index in [0.29, 0.717) is 18.7 Å². The van der Waals surface area contributed by atoms with Crippen LogP contribution in [0.3, 0.4) is 0 Å². The van der Waals surface area contributed by atoms with Crippen LogP contribution in [0.15, 0.2) is 24.5 Å². The van der Waals surface area contributed by atoms with Crippen molar-refractivity contribution in [1.29, 1.82) is 0 Å². The van der Waals surface area contributed by atoms with Crippen molar-refractivity contribution in [2.75, 3.05) is 5.32 Å². The fourth-order valence-electron chi connectivity index (χ4n) is 1.67. The fraction of sp³-hybridized carbons (Fsp3) is 0.167. The Morgan fingerprint density at radius 3 is 2.76 bits per heavy atom. The standard InChI is InChI=1S/C12H10F2N4O3/c1-2-17-6-8(5-15-17)16-12(19)9-3-7(13)4-10(11(9)14)18(20)21/h3-6H,2H2,1H3,(H,16,19). The number of carbonyl (C=O) groups is 1. The largest absolute Gasteiger partial charge is 0.319 e. The molecule has 1 aromatic heterocycles. The number of amides is 1. The third kappa shape index (κ3) is 3.02. The first-order valence-corrected chi connectivity index (χ1v) is 5.89. The van der Waals surface area contributed by atoms with Gasteiger partial charge in [-0.2, -0.15) is 9.49 Å². The number of nitrogens with one attached hydrogen (secondary N) is 1. The average molecular weight is 296 g/mol. The van der Waals surface area contributed by atoms with E-state index in [1.54, 1.807) is 0 Å². The number of hydrogen-bond donors (Lipinski definition) is 1. The molecule has 1 N–H and O–H groups in total. The van der Waals surface area contributed by atoms with E-state index in [1.807, 2.05) is 6.92 Å². The van der Waals surface area contributed by atoms with Gasteiger partial charge in [0.05, 0.1) is 28.4 Å². The number of benzene rings is 1. The second kappa shape index (κ2) is 5.65. The number of rotatable bonds is 4. The molecule has 9 heteroatoms. The van der Waals surface area contributed by atoms with Crippen LogP contribution < -0.4 is 5.32 Å². The average Bonchev–Trinajstić information content (AvgIpc) is 2.88. The highest BCUT2D eigenvalue weighted by molar-refractivity contribution is 6.04. The van der Waals surface area contributed by atoms with Crippen LogP contribution in [0.5, 0.6) is 0 Å². The number of nitro groups is 1. The Labute approximate surface area is 117 Å². The molecule has 0 fully saturated rings. The minimum absolute atomic E-state index is 0.271. The lowest BCUT2D eigenvalue weighted by Crippen LogP contribution is -2.15. The van der Waals surface area contributed by atoms with Crippen LogP contribution in [0.4, 0.5) is 20.2 Å². The van der Waals surface area contributed by atoms with Gasteiger partial charge in [0, 0.05) is 12.7 Å². The Bertz CT molecular complexity index is 715. The van der Waals surface area contributed by atoms with Crippen LogP contribution in [0, 0.1) is 21.7 Å². The number of aromatic nitrogens is 2. The first-order chi connectivity index (χ1) is 9.92. The summed E-state index contributed by atoms with van der Waals surface area (Å²) < 4.78 is 28.6. The SMILES string of the molecule is CCn1cc(NC(=O)c2cc(F)cc([N+](=O)[O-])c2F)cn1. The van der Waals surface area contributed by atoms with Gasteiger partial charge in [-0.1, -0.05) is 0 Å². The second-order valence-electron chi connectivity index (χ2n) is 4.08. The van der Waals surface area contributed by atoms with Crippen molar-refractivity contribution in [3.05, 3.63) is 51.8 Å². The maximum Gasteiger partial charge on any atom is 0.308 e. The van der Waals surface area contributed by atoms with E-state index in [1.165, 1.54) is 17.1 Å². The van der Waals surface area contributed by atoms with Gasteiger partial charge in [-0.25, -0.2) is 4.39 Å². The number of carbonyl (C=O) groups excluding carboxylic acids is 1. The van der Waals surface area contributed by atoms with E-state index >= 15 is 0 Å². The van der Waals surface area contributed by atoms with Gasteiger partial charge in [-0.05, 0) is 13.0 Å². The zero-order valence-electron chi connectivity index (χ0n) is 10.8. The highest BCUT2D eigenvalue weighted by atomic mass is 19.1. The summed E-state index contributed by atoms with van der Waals surface area (Å²) in [6, 6.07) is 1.02. The molecule has 1 aromatic carbocycles. The Hall–Kier alpha value is -2.84. The van der Waals surface area contributed by atoms with E-state index in [0.717, 1.165) is 0 Å². The van der Waals surface area contributed by atoms with Gasteiger partial charge in [0.1, 0.15) is 5.82 Å². The second-order valence-corrected chi connectivity index (χ2v) is 4.08. The van der Waals surface area contributed by atoms with Crippen LogP contribution in [0.1, 0.15) is 17.3 Å². The van der Waals surface area contributed by atoms with E-state index < -0.39 is 33.7 Å². The number of aryl methyl sites for hydroxylation is 1. The molecule has 0 bridgehead atoms. The molecule has 0 aliphatic rings. The maximum atomic E-state index is 13.8. The molecule has 0 saturated carbocycles. The van der Waals surface area contributed by atoms with Crippen LogP contribution in [0.25, 0.3) is 0 Å². The lowest BCUT2D eigenvalue weighted by Gasteiger charge is -2.04. The van der Waals surface area contributed by atoms with Gasteiger partial charge in [-0.15, -0.1) is 0 Å². The first kappa shape index (κ1) is 14.6. The molecule has 0 atom stereocenters. The van der Waals surface area contributed by atoms with E-state index in [4.69, 9.17) is 0 Å². The molecule has 7 nitrogen and oxygen atoms in total. The van der Waals surface area contributed by atoms with Crippen LogP contribution in [-0.4, -0.2) is 20.6 Å². The van der Waals surface area contributed by atoms with Crippen molar-refractivity contribution >= 4 is 17.3 Å². The van der Waals surface area contributed by atoms with Gasteiger partial charge >= 0.3 is 5.69 Å². The monoisotopic (exact) mass is 296 g/mol. The molecule has 2 aromatic rings. The van der Waals surface area contributed by atoms with Crippen molar-refractivity contribution in [1.82, 2.24) is 9.78 Å². The van der Waals surface area contributed by atoms with Crippen molar-refractivity contribution < 1.29 is 18.5 Å². The molecule has 2 rings (SSSR count). The molecule has 1 heterocycles. The maximum absolute atomic E-state index is 13.8. The molecule has 21 heavy (non-hydrogen) atoms. The van der Waals surface area contributed by atoms with Gasteiger partial charge in [0.25, 0.3) is 5.91 Å². The van der Waals surface area contributed by atoms with Gasteiger partial charge in [0.2, 0.25) is 5.82 Å². The Morgan fingerprint density at radius 2 is 2.19 bits per heavy atom. The Morgan fingerprint density at radius 1 is 1.48 bits per heavy atom. The van der Waals surface area contributed by atoms with Crippen molar-refractivity contribution in [3.63, 3.8) is 0 Å². The molecule has 0 aliphatic heterocycles. The fourth-order valence-corrected chi connectivity index (χ4v) is 1.67. The molecule has 1 amide bonds. The molecule has 110 valence electrons. The van der Waals surface area contributed by atoms with Gasteiger partial charge in [0.15, 0.2) is 0 Å². The summed E-state index contributed by atoms with van der Waals surface area (Å²) in [5, 5.41) is 16.8. The molecule has 0 radical (unpaired) electrons. The number of hydrogen-bond acceptors (Lipinski definition) is 4. The topological polar surface area (TPSA) is 90.1 Å². The Kier molecular flexibility index (Phi) is 3.92. The zero-order chi connectivity index (χ0) is 15.6. The molecule has 0 aliphatic carbocycles. The number of nitro benzene ring substituents is 1. The minimum atomic E-state index is -1.39. The summed E-state index contributed by atoms with van der Waals surface area (Å²) >= 11 is 0. The number of halogens is 2. The molecular formula is C12H10F2N4O3. The summed E-state index contributed by atoms with van der Waals surface area (Å²) in [5.74, 6) is -3.45. The number of anilines is 1. The molecule has 0 spiro atoms. The quantitative estimate of drug-likeness (QED) is 0.692. The first-order valence-electron chi connectivity index (χ1n) is 5.89. The number of nitrogens with zero attached hydrogens (tertiary/aromatic N) is 3. The van der Waals surface area contributed by atoms with Gasteiger partial charge < -0.3 is 5.32 Å². The third-order valence-corrected chi connectivity index (χ3v) is 2.67. The highest BCUT2D eigenvalue weighted by Gasteiger charge is 2.24. The van der Waals surface area contributed by atoms with E-state index in [2.05, 4.69) is 10.4 Å². The smallest absolute Gasteiger partial charge is 0.308 e. The summed E-state index contributed by atoms with van der Waals surface area (Å²) in [6.07, 6.45) is 2.82. The zero-order valence-corrected chi connectivity index (χ0v) is 10.8. The lowest BCUT2D eigenvalue weighted by atomic mass is 10.1. The van der Waals surface area contributed by atoms with Crippen LogP contribution in [-0.2, 0) is 6.54 Å². The Balaban J connectivity index is 2.32. The van der Waals surface area contributed by atoms with E-state index in [9.17, 15) is 23.7 Å². The normalized spacial score (nSPS) is 10.4. The molecular weight excluding hydrogens is 286 g/mol. The van der Waals surface area contributed by atoms with Crippen molar-refractivity contribution in [2.45, 2.75) is 13.5 Å². The van der Waals surface area contributed by atoms with Crippen LogP contribution >= 0.6 is 0 Å². The van der Waals surface area contributed by atoms with Crippen molar-refractivity contribution in [3.8, 4) is 0 Å². The minimum Gasteiger partial charge on any atom is -0.319 e. The summed E-state index contributed by atoms with van der Waals surface area (Å²) in [7, 11) is 0.